The quantitative estimate of drug-likeness (QED) is 0.694. The molecule has 0 amide bonds. The molecule has 0 saturated heterocycles. The number of hydrogen-bond acceptors (Lipinski definition) is 6. The minimum atomic E-state index is -0.871. The SMILES string of the molecule is CCc1cc2ccc(C(C)(C#N)Cc3nc(OC)cc(N(C)C)n3)cc2[nH]c1=O. The summed E-state index contributed by atoms with van der Waals surface area (Å²) in [6, 6.07) is 11.8. The Hall–Kier alpha value is -3.40. The molecule has 29 heavy (non-hydrogen) atoms. The average molecular weight is 391 g/mol. The van der Waals surface area contributed by atoms with Gasteiger partial charge in [0.2, 0.25) is 5.88 Å². The van der Waals surface area contributed by atoms with E-state index >= 15 is 0 Å². The lowest BCUT2D eigenvalue weighted by atomic mass is 9.80. The minimum absolute atomic E-state index is 0.0948. The molecule has 0 fully saturated rings. The number of nitrogens with one attached hydrogen (secondary N) is 1. The van der Waals surface area contributed by atoms with Crippen LogP contribution in [-0.2, 0) is 18.3 Å². The van der Waals surface area contributed by atoms with E-state index in [9.17, 15) is 10.1 Å². The summed E-state index contributed by atoms with van der Waals surface area (Å²) in [6.07, 6.45) is 0.981. The number of aromatic amines is 1. The van der Waals surface area contributed by atoms with Crippen molar-refractivity contribution in [2.75, 3.05) is 26.1 Å². The van der Waals surface area contributed by atoms with Crippen LogP contribution in [0.25, 0.3) is 10.9 Å². The highest BCUT2D eigenvalue weighted by Crippen LogP contribution is 2.30. The van der Waals surface area contributed by atoms with Gasteiger partial charge in [0.15, 0.2) is 0 Å². The summed E-state index contributed by atoms with van der Waals surface area (Å²) in [7, 11) is 5.33. The number of benzene rings is 1. The van der Waals surface area contributed by atoms with E-state index in [4.69, 9.17) is 4.74 Å². The highest BCUT2D eigenvalue weighted by atomic mass is 16.5. The van der Waals surface area contributed by atoms with Crippen molar-refractivity contribution < 1.29 is 4.74 Å². The van der Waals surface area contributed by atoms with Gasteiger partial charge in [-0.15, -0.1) is 0 Å². The fraction of sp³-hybridized carbons (Fsp3) is 0.364. The summed E-state index contributed by atoms with van der Waals surface area (Å²) in [4.78, 5) is 26.0. The number of H-pyrrole nitrogens is 1. The van der Waals surface area contributed by atoms with E-state index < -0.39 is 5.41 Å². The number of fused-ring (bicyclic) bond motifs is 1. The number of methoxy groups -OCH3 is 1. The Bertz CT molecular complexity index is 1150. The maximum absolute atomic E-state index is 12.2. The maximum Gasteiger partial charge on any atom is 0.251 e. The van der Waals surface area contributed by atoms with Gasteiger partial charge in [0.1, 0.15) is 11.6 Å². The van der Waals surface area contributed by atoms with Crippen LogP contribution >= 0.6 is 0 Å². The molecule has 0 aliphatic carbocycles. The van der Waals surface area contributed by atoms with Gasteiger partial charge in [-0.25, -0.2) is 4.98 Å². The summed E-state index contributed by atoms with van der Waals surface area (Å²) in [6.45, 7) is 3.80. The van der Waals surface area contributed by atoms with E-state index in [2.05, 4.69) is 21.0 Å². The molecule has 0 aliphatic rings. The van der Waals surface area contributed by atoms with Crippen molar-refractivity contribution in [1.82, 2.24) is 15.0 Å². The molecule has 0 radical (unpaired) electrons. The molecule has 1 N–H and O–H groups in total. The van der Waals surface area contributed by atoms with Crippen LogP contribution in [0.4, 0.5) is 5.82 Å². The molecule has 7 heteroatoms. The molecule has 2 aromatic heterocycles. The third-order valence-electron chi connectivity index (χ3n) is 5.10. The molecule has 1 atom stereocenters. The molecule has 1 aromatic carbocycles. The standard InChI is InChI=1S/C22H25N5O2/c1-6-14-9-15-7-8-16(10-17(15)24-21(14)28)22(2,13-23)12-18-25-19(27(3)4)11-20(26-18)29-5/h7-11H,6,12H2,1-5H3,(H,24,28). The van der Waals surface area contributed by atoms with E-state index in [1.165, 1.54) is 0 Å². The number of hydrogen-bond donors (Lipinski definition) is 1. The number of nitrogens with zero attached hydrogens (tertiary/aromatic N) is 4. The van der Waals surface area contributed by atoms with Gasteiger partial charge in [-0.05, 0) is 36.4 Å². The molecular formula is C22H25N5O2. The van der Waals surface area contributed by atoms with Crippen LogP contribution in [0.3, 0.4) is 0 Å². The second-order valence-corrected chi connectivity index (χ2v) is 7.48. The number of aryl methyl sites for hydroxylation is 1. The number of pyridine rings is 1. The van der Waals surface area contributed by atoms with Crippen molar-refractivity contribution in [2.24, 2.45) is 0 Å². The van der Waals surface area contributed by atoms with Crippen LogP contribution in [0.5, 0.6) is 5.88 Å². The Morgan fingerprint density at radius 3 is 2.62 bits per heavy atom. The number of anilines is 1. The molecule has 3 aromatic rings. The number of ether oxygens (including phenoxy) is 1. The van der Waals surface area contributed by atoms with Crippen molar-refractivity contribution in [2.45, 2.75) is 32.1 Å². The van der Waals surface area contributed by atoms with E-state index in [0.717, 1.165) is 16.5 Å². The smallest absolute Gasteiger partial charge is 0.251 e. The molecule has 2 heterocycles. The lowest BCUT2D eigenvalue weighted by Gasteiger charge is -2.23. The van der Waals surface area contributed by atoms with Gasteiger partial charge in [0.25, 0.3) is 5.56 Å². The molecule has 0 spiro atoms. The summed E-state index contributed by atoms with van der Waals surface area (Å²) < 4.78 is 5.29. The van der Waals surface area contributed by atoms with Gasteiger partial charge in [-0.3, -0.25) is 4.79 Å². The molecule has 150 valence electrons. The molecule has 0 bridgehead atoms. The summed E-state index contributed by atoms with van der Waals surface area (Å²) in [5.41, 5.74) is 1.29. The van der Waals surface area contributed by atoms with Crippen LogP contribution in [0, 0.1) is 11.3 Å². The van der Waals surface area contributed by atoms with Crippen molar-refractivity contribution in [1.29, 1.82) is 5.26 Å². The van der Waals surface area contributed by atoms with Gasteiger partial charge >= 0.3 is 0 Å². The van der Waals surface area contributed by atoms with E-state index in [1.807, 2.05) is 57.1 Å². The zero-order valence-corrected chi connectivity index (χ0v) is 17.4. The fourth-order valence-electron chi connectivity index (χ4n) is 3.25. The highest BCUT2D eigenvalue weighted by Gasteiger charge is 2.29. The lowest BCUT2D eigenvalue weighted by molar-refractivity contribution is 0.393. The van der Waals surface area contributed by atoms with Crippen molar-refractivity contribution >= 4 is 16.7 Å². The molecule has 0 saturated carbocycles. The fourth-order valence-corrected chi connectivity index (χ4v) is 3.25. The zero-order chi connectivity index (χ0) is 21.2. The van der Waals surface area contributed by atoms with E-state index in [-0.39, 0.29) is 5.56 Å². The molecule has 0 aliphatic heterocycles. The first-order valence-corrected chi connectivity index (χ1v) is 9.46. The number of rotatable bonds is 6. The van der Waals surface area contributed by atoms with Gasteiger partial charge in [-0.2, -0.15) is 10.2 Å². The van der Waals surface area contributed by atoms with Gasteiger partial charge in [0.05, 0.1) is 18.6 Å². The molecular weight excluding hydrogens is 366 g/mol. The predicted molar refractivity (Wildman–Crippen MR) is 114 cm³/mol. The summed E-state index contributed by atoms with van der Waals surface area (Å²) >= 11 is 0. The zero-order valence-electron chi connectivity index (χ0n) is 17.4. The van der Waals surface area contributed by atoms with Gasteiger partial charge in [-0.1, -0.05) is 19.1 Å². The molecule has 7 nitrogen and oxygen atoms in total. The monoisotopic (exact) mass is 391 g/mol. The Morgan fingerprint density at radius 2 is 2.00 bits per heavy atom. The lowest BCUT2D eigenvalue weighted by Crippen LogP contribution is -2.25. The Kier molecular flexibility index (Phi) is 5.55. The second kappa shape index (κ2) is 7.92. The van der Waals surface area contributed by atoms with Crippen LogP contribution in [0.15, 0.2) is 35.1 Å². The average Bonchev–Trinajstić information content (AvgIpc) is 2.72. The van der Waals surface area contributed by atoms with Crippen LogP contribution < -0.4 is 15.2 Å². The van der Waals surface area contributed by atoms with Gasteiger partial charge in [0, 0.05) is 37.7 Å². The Labute approximate surface area is 170 Å². The largest absolute Gasteiger partial charge is 0.481 e. The van der Waals surface area contributed by atoms with Gasteiger partial charge < -0.3 is 14.6 Å². The topological polar surface area (TPSA) is 94.9 Å². The Balaban J connectivity index is 2.05. The van der Waals surface area contributed by atoms with Crippen molar-refractivity contribution in [3.05, 3.63) is 57.6 Å². The number of nitriles is 1. The third kappa shape index (κ3) is 4.06. The van der Waals surface area contributed by atoms with E-state index in [1.54, 1.807) is 13.2 Å². The predicted octanol–water partition coefficient (Wildman–Crippen LogP) is 2.98. The van der Waals surface area contributed by atoms with E-state index in [0.29, 0.717) is 35.9 Å². The first-order chi connectivity index (χ1) is 13.8. The van der Waals surface area contributed by atoms with Crippen molar-refractivity contribution in [3.63, 3.8) is 0 Å². The maximum atomic E-state index is 12.2. The van der Waals surface area contributed by atoms with Crippen LogP contribution in [-0.4, -0.2) is 36.2 Å². The highest BCUT2D eigenvalue weighted by molar-refractivity contribution is 5.80. The second-order valence-electron chi connectivity index (χ2n) is 7.48. The molecule has 1 unspecified atom stereocenters. The first kappa shape index (κ1) is 20.3. The first-order valence-electron chi connectivity index (χ1n) is 9.46. The Morgan fingerprint density at radius 1 is 1.24 bits per heavy atom. The third-order valence-corrected chi connectivity index (χ3v) is 5.10. The number of aromatic nitrogens is 3. The summed E-state index contributed by atoms with van der Waals surface area (Å²) in [5.74, 6) is 1.68. The van der Waals surface area contributed by atoms with Crippen LogP contribution in [0.1, 0.15) is 30.8 Å². The van der Waals surface area contributed by atoms with Crippen LogP contribution in [0.2, 0.25) is 0 Å². The molecule has 3 rings (SSSR count). The summed E-state index contributed by atoms with van der Waals surface area (Å²) in [5, 5.41) is 10.9. The normalized spacial score (nSPS) is 13.0. The van der Waals surface area contributed by atoms with Crippen molar-refractivity contribution in [3.8, 4) is 11.9 Å². The minimum Gasteiger partial charge on any atom is -0.481 e.